The molecule has 0 aliphatic carbocycles. The first-order valence-corrected chi connectivity index (χ1v) is 10.1. The molecule has 1 aromatic carbocycles. The number of amides is 3. The number of urea groups is 1. The molecule has 3 heterocycles. The molecule has 3 amide bonds. The number of sulfonamides is 1. The molecule has 2 aliphatic heterocycles. The van der Waals surface area contributed by atoms with Crippen LogP contribution in [0.25, 0.3) is 0 Å². The Morgan fingerprint density at radius 1 is 1.14 bits per heavy atom. The van der Waals surface area contributed by atoms with Gasteiger partial charge in [0, 0.05) is 14.1 Å². The van der Waals surface area contributed by atoms with E-state index in [1.54, 1.807) is 25.1 Å². The molecule has 0 unspecified atom stereocenters. The van der Waals surface area contributed by atoms with Gasteiger partial charge in [0.05, 0.1) is 6.54 Å². The predicted octanol–water partition coefficient (Wildman–Crippen LogP) is 1.23. The molecule has 2 aliphatic rings. The van der Waals surface area contributed by atoms with E-state index in [0.717, 1.165) is 9.21 Å². The third-order valence-corrected chi connectivity index (χ3v) is 6.60. The number of hydrogen-bond acceptors (Lipinski definition) is 7. The van der Waals surface area contributed by atoms with Gasteiger partial charge in [-0.25, -0.2) is 17.5 Å². The smallest absolute Gasteiger partial charge is 0.325 e. The summed E-state index contributed by atoms with van der Waals surface area (Å²) in [6.07, 6.45) is 0. The topological polar surface area (TPSA) is 118 Å². The molecule has 0 spiro atoms. The summed E-state index contributed by atoms with van der Waals surface area (Å²) in [6, 6.07) is 7.12. The molecular weight excluding hydrogens is 402 g/mol. The van der Waals surface area contributed by atoms with Gasteiger partial charge in [-0.2, -0.15) is 0 Å². The molecule has 2 aromatic rings. The number of fused-ring (bicyclic) bond motifs is 1. The maximum Gasteiger partial charge on any atom is 0.325 e. The highest BCUT2D eigenvalue weighted by Crippen LogP contribution is 2.38. The van der Waals surface area contributed by atoms with Crippen LogP contribution in [0.1, 0.15) is 18.2 Å². The molecule has 11 heteroatoms. The number of nitrogens with zero attached hydrogens (tertiary/aromatic N) is 2. The number of ether oxygens (including phenoxy) is 2. The van der Waals surface area contributed by atoms with Gasteiger partial charge in [0.25, 0.3) is 15.9 Å². The molecule has 1 N–H and O–H groups in total. The fraction of sp³-hybridized carbons (Fsp3) is 0.333. The number of rotatable bonds is 5. The zero-order valence-corrected chi connectivity index (χ0v) is 16.8. The maximum atomic E-state index is 13.1. The number of carbonyl (C=O) groups excluding carboxylic acids is 2. The average Bonchev–Trinajstić information content (AvgIpc) is 3.37. The number of furan rings is 1. The summed E-state index contributed by atoms with van der Waals surface area (Å²) >= 11 is 0. The van der Waals surface area contributed by atoms with Crippen LogP contribution in [0.3, 0.4) is 0 Å². The van der Waals surface area contributed by atoms with E-state index in [1.807, 2.05) is 0 Å². The van der Waals surface area contributed by atoms with Crippen LogP contribution >= 0.6 is 0 Å². The van der Waals surface area contributed by atoms with Crippen LogP contribution in [0.4, 0.5) is 4.79 Å². The minimum atomic E-state index is -3.75. The molecular formula is C18H19N3O7S. The highest BCUT2D eigenvalue weighted by Gasteiger charge is 2.49. The summed E-state index contributed by atoms with van der Waals surface area (Å²) in [5.74, 6) is 0.739. The van der Waals surface area contributed by atoms with Crippen LogP contribution in [0.15, 0.2) is 39.8 Å². The van der Waals surface area contributed by atoms with Crippen molar-refractivity contribution < 1.29 is 31.9 Å². The van der Waals surface area contributed by atoms with Crippen LogP contribution in [0, 0.1) is 0 Å². The van der Waals surface area contributed by atoms with Crippen molar-refractivity contribution in [3.05, 3.63) is 41.7 Å². The maximum absolute atomic E-state index is 13.1. The second-order valence-electron chi connectivity index (χ2n) is 7.02. The summed E-state index contributed by atoms with van der Waals surface area (Å²) in [5.41, 5.74) is -0.763. The first-order chi connectivity index (χ1) is 13.6. The van der Waals surface area contributed by atoms with Crippen molar-refractivity contribution in [3.63, 3.8) is 0 Å². The van der Waals surface area contributed by atoms with E-state index in [1.165, 1.54) is 26.2 Å². The number of carbonyl (C=O) groups is 2. The van der Waals surface area contributed by atoms with Crippen molar-refractivity contribution in [2.24, 2.45) is 0 Å². The Hall–Kier alpha value is -3.05. The molecule has 1 saturated heterocycles. The van der Waals surface area contributed by atoms with E-state index in [2.05, 4.69) is 5.32 Å². The number of imide groups is 1. The van der Waals surface area contributed by atoms with Gasteiger partial charge in [-0.15, -0.1) is 0 Å². The third-order valence-electron chi connectivity index (χ3n) is 4.91. The SMILES string of the molecule is CN(C)S(=O)(=O)c1ccc(CN2C(=O)N[C@@](C)(c3ccc4c(c3)OCO4)C2=O)o1. The van der Waals surface area contributed by atoms with Gasteiger partial charge in [0.15, 0.2) is 11.5 Å². The molecule has 0 saturated carbocycles. The molecule has 1 atom stereocenters. The highest BCUT2D eigenvalue weighted by atomic mass is 32.2. The average molecular weight is 421 g/mol. The molecule has 0 radical (unpaired) electrons. The monoisotopic (exact) mass is 421 g/mol. The standard InChI is InChI=1S/C18H19N3O7S/c1-18(11-4-6-13-14(8-11)27-10-26-13)16(22)21(17(23)19-18)9-12-5-7-15(28-12)29(24,25)20(2)3/h4-8H,9-10H2,1-3H3,(H,19,23)/t18-/m0/s1. The summed E-state index contributed by atoms with van der Waals surface area (Å²) in [4.78, 5) is 26.5. The minimum absolute atomic E-state index is 0.0958. The molecule has 1 fully saturated rings. The van der Waals surface area contributed by atoms with Gasteiger partial charge in [-0.1, -0.05) is 6.07 Å². The Kier molecular flexibility index (Phi) is 4.32. The van der Waals surface area contributed by atoms with Crippen molar-refractivity contribution in [2.75, 3.05) is 20.9 Å². The Balaban J connectivity index is 1.58. The first kappa shape index (κ1) is 19.3. The van der Waals surface area contributed by atoms with Gasteiger partial charge >= 0.3 is 6.03 Å². The fourth-order valence-corrected chi connectivity index (χ4v) is 3.97. The second kappa shape index (κ2) is 6.49. The lowest BCUT2D eigenvalue weighted by Crippen LogP contribution is -2.40. The molecule has 10 nitrogen and oxygen atoms in total. The molecule has 1 aromatic heterocycles. The van der Waals surface area contributed by atoms with Crippen LogP contribution in [-0.4, -0.2) is 50.4 Å². The van der Waals surface area contributed by atoms with Crippen molar-refractivity contribution in [1.82, 2.24) is 14.5 Å². The second-order valence-corrected chi connectivity index (χ2v) is 9.11. The summed E-state index contributed by atoms with van der Waals surface area (Å²) in [7, 11) is -0.990. The Morgan fingerprint density at radius 2 is 1.86 bits per heavy atom. The minimum Gasteiger partial charge on any atom is -0.454 e. The number of nitrogens with one attached hydrogen (secondary N) is 1. The Labute approximate surface area is 167 Å². The third kappa shape index (κ3) is 3.02. The quantitative estimate of drug-likeness (QED) is 0.721. The van der Waals surface area contributed by atoms with Gasteiger partial charge in [-0.05, 0) is 36.8 Å². The van der Waals surface area contributed by atoms with E-state index in [0.29, 0.717) is 17.1 Å². The van der Waals surface area contributed by atoms with Crippen molar-refractivity contribution in [2.45, 2.75) is 24.1 Å². The largest absolute Gasteiger partial charge is 0.454 e. The first-order valence-electron chi connectivity index (χ1n) is 8.68. The Bertz CT molecular complexity index is 1110. The van der Waals surface area contributed by atoms with Gasteiger partial charge in [0.2, 0.25) is 11.9 Å². The van der Waals surface area contributed by atoms with E-state index < -0.39 is 27.5 Å². The fourth-order valence-electron chi connectivity index (χ4n) is 3.16. The Morgan fingerprint density at radius 3 is 2.59 bits per heavy atom. The summed E-state index contributed by atoms with van der Waals surface area (Å²) in [6.45, 7) is 1.49. The van der Waals surface area contributed by atoms with E-state index in [4.69, 9.17) is 13.9 Å². The number of benzene rings is 1. The van der Waals surface area contributed by atoms with Crippen LogP contribution in [0.5, 0.6) is 11.5 Å². The van der Waals surface area contributed by atoms with Crippen LogP contribution in [0.2, 0.25) is 0 Å². The molecule has 0 bridgehead atoms. The van der Waals surface area contributed by atoms with Crippen molar-refractivity contribution >= 4 is 22.0 Å². The van der Waals surface area contributed by atoms with E-state index in [-0.39, 0.29) is 24.2 Å². The van der Waals surface area contributed by atoms with Crippen LogP contribution < -0.4 is 14.8 Å². The molecule has 4 rings (SSSR count). The molecule has 29 heavy (non-hydrogen) atoms. The van der Waals surface area contributed by atoms with E-state index >= 15 is 0 Å². The lowest BCUT2D eigenvalue weighted by molar-refractivity contribution is -0.131. The predicted molar refractivity (Wildman–Crippen MR) is 98.6 cm³/mol. The van der Waals surface area contributed by atoms with Crippen LogP contribution in [-0.2, 0) is 26.9 Å². The zero-order valence-electron chi connectivity index (χ0n) is 16.0. The van der Waals surface area contributed by atoms with E-state index in [9.17, 15) is 18.0 Å². The lowest BCUT2D eigenvalue weighted by Gasteiger charge is -2.22. The summed E-state index contributed by atoms with van der Waals surface area (Å²) in [5, 5.41) is 2.43. The number of hydrogen-bond donors (Lipinski definition) is 1. The highest BCUT2D eigenvalue weighted by molar-refractivity contribution is 7.88. The molecule has 154 valence electrons. The summed E-state index contributed by atoms with van der Waals surface area (Å²) < 4.78 is 41.3. The zero-order chi connectivity index (χ0) is 21.0. The van der Waals surface area contributed by atoms with Gasteiger partial charge in [0.1, 0.15) is 11.3 Å². The van der Waals surface area contributed by atoms with Gasteiger partial charge < -0.3 is 19.2 Å². The normalized spacial score (nSPS) is 21.2. The van der Waals surface area contributed by atoms with Crippen molar-refractivity contribution in [3.8, 4) is 11.5 Å². The van der Waals surface area contributed by atoms with Crippen molar-refractivity contribution in [1.29, 1.82) is 0 Å². The lowest BCUT2D eigenvalue weighted by atomic mass is 9.91. The van der Waals surface area contributed by atoms with Gasteiger partial charge in [-0.3, -0.25) is 9.69 Å².